The molecule has 1 aliphatic carbocycles. The zero-order valence-corrected chi connectivity index (χ0v) is 19.8. The van der Waals surface area contributed by atoms with Gasteiger partial charge in [0, 0.05) is 49.8 Å². The summed E-state index contributed by atoms with van der Waals surface area (Å²) >= 11 is 0. The van der Waals surface area contributed by atoms with Crippen LogP contribution in [0.1, 0.15) is 36.3 Å². The predicted molar refractivity (Wildman–Crippen MR) is 122 cm³/mol. The largest absolute Gasteiger partial charge is 0.433 e. The van der Waals surface area contributed by atoms with E-state index in [1.165, 1.54) is 21.8 Å². The number of hydrogen-bond donors (Lipinski definition) is 0. The highest BCUT2D eigenvalue weighted by atomic mass is 19.4. The molecule has 0 N–H and O–H groups in total. The molecule has 4 aromatic heterocycles. The first-order valence-electron chi connectivity index (χ1n) is 11.7. The van der Waals surface area contributed by atoms with Crippen molar-refractivity contribution in [1.82, 2.24) is 34.8 Å². The third-order valence-electron chi connectivity index (χ3n) is 6.77. The number of carbonyl (C=O) groups is 1. The van der Waals surface area contributed by atoms with Gasteiger partial charge in [-0.3, -0.25) is 19.4 Å². The van der Waals surface area contributed by atoms with Crippen LogP contribution in [0.25, 0.3) is 33.7 Å². The Balaban J connectivity index is 1.43. The van der Waals surface area contributed by atoms with Crippen molar-refractivity contribution in [2.75, 3.05) is 13.1 Å². The van der Waals surface area contributed by atoms with Crippen LogP contribution >= 0.6 is 0 Å². The van der Waals surface area contributed by atoms with E-state index in [2.05, 4.69) is 31.8 Å². The summed E-state index contributed by atoms with van der Waals surface area (Å²) in [4.78, 5) is 25.4. The van der Waals surface area contributed by atoms with Crippen LogP contribution in [0.2, 0.25) is 0 Å². The van der Waals surface area contributed by atoms with E-state index in [-0.39, 0.29) is 41.6 Å². The van der Waals surface area contributed by atoms with E-state index in [1.807, 2.05) is 0 Å². The molecule has 6 rings (SSSR count). The summed E-state index contributed by atoms with van der Waals surface area (Å²) in [7, 11) is 0. The number of rotatable bonds is 5. The van der Waals surface area contributed by atoms with Crippen LogP contribution in [0.5, 0.6) is 0 Å². The Morgan fingerprint density at radius 1 is 1.13 bits per heavy atom. The van der Waals surface area contributed by atoms with Crippen LogP contribution in [0.4, 0.5) is 26.3 Å². The van der Waals surface area contributed by atoms with Crippen molar-refractivity contribution in [3.8, 4) is 22.7 Å². The first kappa shape index (κ1) is 25.0. The number of pyridine rings is 2. The molecule has 1 saturated carbocycles. The fourth-order valence-corrected chi connectivity index (χ4v) is 4.70. The van der Waals surface area contributed by atoms with Gasteiger partial charge >= 0.3 is 6.18 Å². The number of likely N-dealkylation sites (tertiary alicyclic amines) is 1. The van der Waals surface area contributed by atoms with Gasteiger partial charge in [-0.05, 0) is 18.2 Å². The summed E-state index contributed by atoms with van der Waals surface area (Å²) in [5.74, 6) is -5.19. The lowest BCUT2D eigenvalue weighted by atomic mass is 9.81. The van der Waals surface area contributed by atoms with Crippen LogP contribution in [-0.2, 0) is 11.0 Å². The van der Waals surface area contributed by atoms with E-state index in [4.69, 9.17) is 4.52 Å². The molecule has 1 amide bonds. The van der Waals surface area contributed by atoms with Crippen molar-refractivity contribution < 1.29 is 35.7 Å². The standard InChI is InChI=1S/C24H17F6N7O2/c1-11(25)22(38)36-9-14(10-36)37-19-15(21-33-20(35-39-21)13-6-23(26,27)7-13)4-5-31-18(19)17(34-37)12-2-3-16(32-8-12)24(28,29)30/h2-5,8,13-14H,1,6-7,9-10H2. The first-order chi connectivity index (χ1) is 18.4. The summed E-state index contributed by atoms with van der Waals surface area (Å²) in [5.41, 5.74) is 0.336. The second-order valence-corrected chi connectivity index (χ2v) is 9.47. The average Bonchev–Trinajstić information content (AvgIpc) is 3.47. The van der Waals surface area contributed by atoms with E-state index >= 15 is 0 Å². The van der Waals surface area contributed by atoms with Gasteiger partial charge in [0.15, 0.2) is 11.7 Å². The Morgan fingerprint density at radius 3 is 2.49 bits per heavy atom. The molecule has 202 valence electrons. The first-order valence-corrected chi connectivity index (χ1v) is 11.7. The molecule has 0 bridgehead atoms. The van der Waals surface area contributed by atoms with Gasteiger partial charge in [0.1, 0.15) is 22.4 Å². The number of fused-ring (bicyclic) bond motifs is 1. The third-order valence-corrected chi connectivity index (χ3v) is 6.77. The average molecular weight is 549 g/mol. The van der Waals surface area contributed by atoms with E-state index in [0.717, 1.165) is 12.3 Å². The second kappa shape index (κ2) is 8.61. The maximum atomic E-state index is 13.4. The molecule has 39 heavy (non-hydrogen) atoms. The molecule has 0 spiro atoms. The molecule has 1 saturated heterocycles. The summed E-state index contributed by atoms with van der Waals surface area (Å²) < 4.78 is 86.1. The molecular formula is C24H17F6N7O2. The molecule has 2 fully saturated rings. The molecule has 15 heteroatoms. The van der Waals surface area contributed by atoms with Crippen LogP contribution in [-0.4, -0.2) is 59.7 Å². The maximum absolute atomic E-state index is 13.4. The number of aromatic nitrogens is 6. The fraction of sp³-hybridized carbons (Fsp3) is 0.333. The number of amides is 1. The molecule has 0 aromatic carbocycles. The second-order valence-electron chi connectivity index (χ2n) is 9.47. The molecule has 1 aliphatic heterocycles. The van der Waals surface area contributed by atoms with Gasteiger partial charge < -0.3 is 9.42 Å². The Morgan fingerprint density at radius 2 is 1.87 bits per heavy atom. The molecular weight excluding hydrogens is 532 g/mol. The molecule has 0 atom stereocenters. The lowest BCUT2D eigenvalue weighted by molar-refractivity contribution is -0.141. The topological polar surface area (TPSA) is 103 Å². The van der Waals surface area contributed by atoms with Crippen LogP contribution in [0, 0.1) is 0 Å². The van der Waals surface area contributed by atoms with E-state index < -0.39 is 54.3 Å². The molecule has 0 radical (unpaired) electrons. The molecule has 0 unspecified atom stereocenters. The van der Waals surface area contributed by atoms with Gasteiger partial charge in [0.05, 0.1) is 11.6 Å². The van der Waals surface area contributed by atoms with Crippen molar-refractivity contribution in [1.29, 1.82) is 0 Å². The van der Waals surface area contributed by atoms with E-state index in [0.29, 0.717) is 11.1 Å². The van der Waals surface area contributed by atoms with Gasteiger partial charge in [0.25, 0.3) is 11.8 Å². The highest BCUT2D eigenvalue weighted by Crippen LogP contribution is 2.48. The van der Waals surface area contributed by atoms with Crippen molar-refractivity contribution in [3.05, 3.63) is 54.5 Å². The summed E-state index contributed by atoms with van der Waals surface area (Å²) in [6, 6.07) is 3.12. The molecule has 4 aromatic rings. The molecule has 2 aliphatic rings. The van der Waals surface area contributed by atoms with Crippen molar-refractivity contribution in [2.24, 2.45) is 0 Å². The van der Waals surface area contributed by atoms with Crippen LogP contribution < -0.4 is 0 Å². The Kier molecular flexibility index (Phi) is 5.52. The zero-order valence-electron chi connectivity index (χ0n) is 19.8. The highest BCUT2D eigenvalue weighted by molar-refractivity contribution is 5.98. The number of carbonyl (C=O) groups excluding carboxylic acids is 1. The number of hydrogen-bond acceptors (Lipinski definition) is 7. The normalized spacial score (nSPS) is 17.7. The fourth-order valence-electron chi connectivity index (χ4n) is 4.70. The summed E-state index contributed by atoms with van der Waals surface area (Å²) in [5, 5.41) is 8.43. The lowest BCUT2D eigenvalue weighted by Gasteiger charge is -2.39. The lowest BCUT2D eigenvalue weighted by Crippen LogP contribution is -2.51. The Hall–Kier alpha value is -4.30. The summed E-state index contributed by atoms with van der Waals surface area (Å²) in [6.07, 6.45) is -2.99. The van der Waals surface area contributed by atoms with Crippen molar-refractivity contribution in [2.45, 2.75) is 36.9 Å². The Labute approximate surface area is 215 Å². The Bertz CT molecular complexity index is 1600. The highest BCUT2D eigenvalue weighted by Gasteiger charge is 2.48. The van der Waals surface area contributed by atoms with E-state index in [1.54, 1.807) is 6.07 Å². The maximum Gasteiger partial charge on any atom is 0.433 e. The van der Waals surface area contributed by atoms with Gasteiger partial charge in [0.2, 0.25) is 5.92 Å². The van der Waals surface area contributed by atoms with Crippen LogP contribution in [0.3, 0.4) is 0 Å². The van der Waals surface area contributed by atoms with Crippen molar-refractivity contribution in [3.63, 3.8) is 0 Å². The SMILES string of the molecule is C=C(F)C(=O)N1CC(n2nc(-c3ccc(C(F)(F)F)nc3)c3nccc(-c4nc(C5CC(F)(F)C5)no4)c32)C1. The number of nitrogens with zero attached hydrogens (tertiary/aromatic N) is 7. The smallest absolute Gasteiger partial charge is 0.334 e. The minimum Gasteiger partial charge on any atom is -0.334 e. The van der Waals surface area contributed by atoms with Crippen LogP contribution in [0.15, 0.2) is 47.5 Å². The van der Waals surface area contributed by atoms with Gasteiger partial charge in [-0.15, -0.1) is 0 Å². The monoisotopic (exact) mass is 549 g/mol. The number of halogens is 6. The quantitative estimate of drug-likeness (QED) is 0.257. The predicted octanol–water partition coefficient (Wildman–Crippen LogP) is 4.94. The van der Waals surface area contributed by atoms with E-state index in [9.17, 15) is 31.1 Å². The molecule has 5 heterocycles. The minimum absolute atomic E-state index is 0.00949. The number of alkyl halides is 5. The molecule has 9 nitrogen and oxygen atoms in total. The van der Waals surface area contributed by atoms with Gasteiger partial charge in [-0.1, -0.05) is 11.7 Å². The van der Waals surface area contributed by atoms with Crippen molar-refractivity contribution >= 4 is 16.9 Å². The summed E-state index contributed by atoms with van der Waals surface area (Å²) in [6.45, 7) is 3.16. The van der Waals surface area contributed by atoms with Gasteiger partial charge in [-0.2, -0.15) is 23.3 Å². The van der Waals surface area contributed by atoms with Gasteiger partial charge in [-0.25, -0.2) is 13.2 Å². The zero-order chi connectivity index (χ0) is 27.7. The minimum atomic E-state index is -4.63. The third kappa shape index (κ3) is 4.30.